The van der Waals surface area contributed by atoms with Crippen molar-refractivity contribution >= 4 is 52.0 Å². The number of carbonyl (C=O) groups excluding carboxylic acids is 1. The Labute approximate surface area is 142 Å². The summed E-state index contributed by atoms with van der Waals surface area (Å²) >= 11 is 12.7. The van der Waals surface area contributed by atoms with Crippen LogP contribution in [0.2, 0.25) is 10.2 Å². The normalized spacial score (nSPS) is 12.0. The first-order valence-corrected chi connectivity index (χ1v) is 8.02. The van der Waals surface area contributed by atoms with E-state index in [-0.39, 0.29) is 27.0 Å². The van der Waals surface area contributed by atoms with Crippen molar-refractivity contribution in [1.29, 1.82) is 0 Å². The molecule has 0 radical (unpaired) electrons. The van der Waals surface area contributed by atoms with Crippen LogP contribution in [0.5, 0.6) is 0 Å². The maximum absolute atomic E-state index is 12.3. The molecule has 0 aliphatic heterocycles. The first kappa shape index (κ1) is 17.0. The van der Waals surface area contributed by atoms with Crippen LogP contribution in [0.25, 0.3) is 0 Å². The van der Waals surface area contributed by atoms with Crippen LogP contribution in [-0.2, 0) is 4.74 Å². The van der Waals surface area contributed by atoms with Crippen molar-refractivity contribution in [3.05, 3.63) is 39.3 Å². The summed E-state index contributed by atoms with van der Waals surface area (Å²) in [5.41, 5.74) is 1.45. The first-order chi connectivity index (χ1) is 10.5. The van der Waals surface area contributed by atoms with Crippen LogP contribution in [0.3, 0.4) is 0 Å². The van der Waals surface area contributed by atoms with Gasteiger partial charge in [-0.15, -0.1) is 0 Å². The second-order valence-electron chi connectivity index (χ2n) is 4.62. The molecule has 1 amide bonds. The average molecular weight is 360 g/mol. The topological polar surface area (TPSA) is 63.2 Å². The predicted octanol–water partition coefficient (Wildman–Crippen LogP) is 4.15. The van der Waals surface area contributed by atoms with Crippen molar-refractivity contribution in [2.45, 2.75) is 13.0 Å². The number of nitrogens with one attached hydrogen (secondary N) is 2. The van der Waals surface area contributed by atoms with Gasteiger partial charge in [0.05, 0.1) is 18.0 Å². The maximum atomic E-state index is 12.3. The summed E-state index contributed by atoms with van der Waals surface area (Å²) in [7, 11) is 1.64. The Morgan fingerprint density at radius 1 is 1.36 bits per heavy atom. The molecule has 2 N–H and O–H groups in total. The fourth-order valence-corrected chi connectivity index (χ4v) is 2.96. The number of rotatable bonds is 6. The Bertz CT molecular complexity index is 663. The minimum Gasteiger partial charge on any atom is -0.383 e. The minimum atomic E-state index is -0.344. The van der Waals surface area contributed by atoms with Gasteiger partial charge in [-0.3, -0.25) is 4.79 Å². The van der Waals surface area contributed by atoms with E-state index in [4.69, 9.17) is 27.9 Å². The lowest BCUT2D eigenvalue weighted by molar-refractivity contribution is 0.103. The lowest BCUT2D eigenvalue weighted by atomic mass is 10.2. The molecule has 5 nitrogen and oxygen atoms in total. The molecule has 1 heterocycles. The zero-order valence-corrected chi connectivity index (χ0v) is 14.4. The number of anilines is 2. The van der Waals surface area contributed by atoms with Crippen LogP contribution in [0.4, 0.5) is 11.4 Å². The molecule has 8 heteroatoms. The number of hydrogen-bond acceptors (Lipinski definition) is 5. The van der Waals surface area contributed by atoms with Crippen LogP contribution in [-0.4, -0.2) is 30.0 Å². The van der Waals surface area contributed by atoms with E-state index < -0.39 is 0 Å². The van der Waals surface area contributed by atoms with Crippen molar-refractivity contribution in [2.75, 3.05) is 24.4 Å². The third-order valence-corrected chi connectivity index (χ3v) is 4.59. The molecular formula is C14H15Cl2N3O2S. The van der Waals surface area contributed by atoms with Crippen molar-refractivity contribution in [3.8, 4) is 0 Å². The Balaban J connectivity index is 2.16. The molecule has 1 atom stereocenters. The van der Waals surface area contributed by atoms with Crippen LogP contribution >= 0.6 is 34.7 Å². The third kappa shape index (κ3) is 4.10. The Morgan fingerprint density at radius 2 is 2.05 bits per heavy atom. The molecule has 0 spiro atoms. The fourth-order valence-electron chi connectivity index (χ4n) is 1.85. The highest BCUT2D eigenvalue weighted by molar-refractivity contribution is 7.09. The van der Waals surface area contributed by atoms with Crippen molar-refractivity contribution < 1.29 is 9.53 Å². The van der Waals surface area contributed by atoms with Crippen LogP contribution in [0, 0.1) is 0 Å². The molecule has 0 aliphatic carbocycles. The highest BCUT2D eigenvalue weighted by Gasteiger charge is 2.18. The van der Waals surface area contributed by atoms with Gasteiger partial charge in [0.25, 0.3) is 5.91 Å². The summed E-state index contributed by atoms with van der Waals surface area (Å²) in [6.07, 6.45) is 0. The Morgan fingerprint density at radius 3 is 2.64 bits per heavy atom. The van der Waals surface area contributed by atoms with Crippen LogP contribution in [0.1, 0.15) is 16.6 Å². The molecular weight excluding hydrogens is 345 g/mol. The number of methoxy groups -OCH3 is 1. The number of carbonyl (C=O) groups is 1. The molecule has 1 unspecified atom stereocenters. The smallest absolute Gasteiger partial charge is 0.269 e. The largest absolute Gasteiger partial charge is 0.383 e. The summed E-state index contributed by atoms with van der Waals surface area (Å²) in [5.74, 6) is -0.344. The number of benzene rings is 1. The minimum absolute atomic E-state index is 0.101. The average Bonchev–Trinajstić information content (AvgIpc) is 2.81. The summed E-state index contributed by atoms with van der Waals surface area (Å²) in [4.78, 5) is 12.6. The number of para-hydroxylation sites is 2. The van der Waals surface area contributed by atoms with Crippen molar-refractivity contribution in [3.63, 3.8) is 0 Å². The van der Waals surface area contributed by atoms with Crippen molar-refractivity contribution in [2.24, 2.45) is 0 Å². The van der Waals surface area contributed by atoms with E-state index >= 15 is 0 Å². The second-order valence-corrected chi connectivity index (χ2v) is 6.13. The second kappa shape index (κ2) is 7.78. The van der Waals surface area contributed by atoms with Gasteiger partial charge in [0.15, 0.2) is 5.15 Å². The zero-order valence-electron chi connectivity index (χ0n) is 12.0. The molecule has 0 saturated carbocycles. The van der Waals surface area contributed by atoms with Crippen LogP contribution in [0.15, 0.2) is 24.3 Å². The molecule has 118 valence electrons. The standard InChI is InChI=1S/C14H15Cl2N3O2S/c1-8(7-21-2)17-9-5-3-4-6-10(9)18-14(20)12-11(15)13(16)19-22-12/h3-6,8,17H,7H2,1-2H3,(H,18,20). The van der Waals surface area contributed by atoms with E-state index in [1.54, 1.807) is 13.2 Å². The monoisotopic (exact) mass is 359 g/mol. The number of aromatic nitrogens is 1. The van der Waals surface area contributed by atoms with Gasteiger partial charge in [-0.25, -0.2) is 0 Å². The van der Waals surface area contributed by atoms with E-state index in [9.17, 15) is 4.79 Å². The van der Waals surface area contributed by atoms with E-state index in [0.29, 0.717) is 12.3 Å². The summed E-state index contributed by atoms with van der Waals surface area (Å²) < 4.78 is 8.95. The first-order valence-electron chi connectivity index (χ1n) is 6.49. The zero-order chi connectivity index (χ0) is 16.1. The third-order valence-electron chi connectivity index (χ3n) is 2.80. The molecule has 0 bridgehead atoms. The lowest BCUT2D eigenvalue weighted by Gasteiger charge is -2.17. The molecule has 22 heavy (non-hydrogen) atoms. The van der Waals surface area contributed by atoms with Gasteiger partial charge >= 0.3 is 0 Å². The molecule has 2 rings (SSSR count). The number of amides is 1. The fraction of sp³-hybridized carbons (Fsp3) is 0.286. The quantitative estimate of drug-likeness (QED) is 0.812. The van der Waals surface area contributed by atoms with Gasteiger partial charge in [0.2, 0.25) is 0 Å². The number of ether oxygens (including phenoxy) is 1. The predicted molar refractivity (Wildman–Crippen MR) is 91.5 cm³/mol. The van der Waals surface area contributed by atoms with Gasteiger partial charge in [0, 0.05) is 13.2 Å². The highest BCUT2D eigenvalue weighted by atomic mass is 35.5. The summed E-state index contributed by atoms with van der Waals surface area (Å²) in [6, 6.07) is 7.50. The molecule has 0 aliphatic rings. The lowest BCUT2D eigenvalue weighted by Crippen LogP contribution is -2.22. The van der Waals surface area contributed by atoms with E-state index in [0.717, 1.165) is 17.2 Å². The van der Waals surface area contributed by atoms with E-state index in [2.05, 4.69) is 15.0 Å². The Hall–Kier alpha value is -1.34. The number of halogens is 2. The number of hydrogen-bond donors (Lipinski definition) is 2. The molecule has 2 aromatic rings. The molecule has 1 aromatic heterocycles. The summed E-state index contributed by atoms with van der Waals surface area (Å²) in [6.45, 7) is 2.54. The molecule has 0 fully saturated rings. The van der Waals surface area contributed by atoms with Gasteiger partial charge in [0.1, 0.15) is 9.90 Å². The van der Waals surface area contributed by atoms with Crippen LogP contribution < -0.4 is 10.6 Å². The summed E-state index contributed by atoms with van der Waals surface area (Å²) in [5, 5.41) is 6.40. The van der Waals surface area contributed by atoms with E-state index in [1.165, 1.54) is 0 Å². The van der Waals surface area contributed by atoms with E-state index in [1.807, 2.05) is 25.1 Å². The number of nitrogens with zero attached hydrogens (tertiary/aromatic N) is 1. The van der Waals surface area contributed by atoms with Crippen molar-refractivity contribution in [1.82, 2.24) is 4.37 Å². The highest BCUT2D eigenvalue weighted by Crippen LogP contribution is 2.30. The van der Waals surface area contributed by atoms with Gasteiger partial charge in [-0.1, -0.05) is 35.3 Å². The molecule has 0 saturated heterocycles. The molecule has 1 aromatic carbocycles. The SMILES string of the molecule is COCC(C)Nc1ccccc1NC(=O)c1snc(Cl)c1Cl. The van der Waals surface area contributed by atoms with Gasteiger partial charge in [-0.2, -0.15) is 4.37 Å². The Kier molecular flexibility index (Phi) is 6.02. The van der Waals surface area contributed by atoms with Gasteiger partial charge < -0.3 is 15.4 Å². The maximum Gasteiger partial charge on any atom is 0.269 e. The van der Waals surface area contributed by atoms with Gasteiger partial charge in [-0.05, 0) is 30.6 Å².